The van der Waals surface area contributed by atoms with Gasteiger partial charge in [0.1, 0.15) is 0 Å². The standard InChI is InChI=1S/C15H19N3/c1-12-3-4-15-13(9-12)10-14(11-16-15)18-7-5-17(2)6-8-18/h3-4,9-11H,5-8H2,1-2H3. The van der Waals surface area contributed by atoms with Gasteiger partial charge in [-0.2, -0.15) is 0 Å². The van der Waals surface area contributed by atoms with Crippen molar-refractivity contribution in [2.75, 3.05) is 38.1 Å². The fourth-order valence-electron chi connectivity index (χ4n) is 2.48. The Hall–Kier alpha value is -1.61. The van der Waals surface area contributed by atoms with Gasteiger partial charge in [-0.15, -0.1) is 0 Å². The number of aryl methyl sites for hydroxylation is 1. The lowest BCUT2D eigenvalue weighted by Gasteiger charge is -2.33. The first kappa shape index (κ1) is 11.5. The van der Waals surface area contributed by atoms with Crippen molar-refractivity contribution in [2.24, 2.45) is 0 Å². The zero-order valence-electron chi connectivity index (χ0n) is 11.1. The highest BCUT2D eigenvalue weighted by atomic mass is 15.2. The fraction of sp³-hybridized carbons (Fsp3) is 0.400. The molecule has 1 aliphatic rings. The minimum absolute atomic E-state index is 1.08. The Kier molecular flexibility index (Phi) is 2.92. The van der Waals surface area contributed by atoms with Crippen LogP contribution in [-0.2, 0) is 0 Å². The third kappa shape index (κ3) is 2.18. The number of hydrogen-bond donors (Lipinski definition) is 0. The van der Waals surface area contributed by atoms with Crippen LogP contribution < -0.4 is 4.90 Å². The van der Waals surface area contributed by atoms with Crippen LogP contribution in [-0.4, -0.2) is 43.1 Å². The molecule has 0 unspecified atom stereocenters. The second kappa shape index (κ2) is 4.58. The molecular formula is C15H19N3. The van der Waals surface area contributed by atoms with E-state index in [0.29, 0.717) is 0 Å². The Balaban J connectivity index is 1.92. The first-order chi connectivity index (χ1) is 8.72. The molecule has 18 heavy (non-hydrogen) atoms. The summed E-state index contributed by atoms with van der Waals surface area (Å²) in [5, 5.41) is 1.24. The number of nitrogens with zero attached hydrogens (tertiary/aromatic N) is 3. The first-order valence-electron chi connectivity index (χ1n) is 6.52. The van der Waals surface area contributed by atoms with E-state index in [2.05, 4.69) is 53.0 Å². The van der Waals surface area contributed by atoms with Crippen molar-refractivity contribution in [1.29, 1.82) is 0 Å². The SMILES string of the molecule is Cc1ccc2ncc(N3CCN(C)CC3)cc2c1. The molecule has 1 fully saturated rings. The molecule has 2 heterocycles. The molecule has 3 rings (SSSR count). The third-order valence-corrected chi connectivity index (χ3v) is 3.69. The maximum Gasteiger partial charge on any atom is 0.0703 e. The third-order valence-electron chi connectivity index (χ3n) is 3.69. The second-order valence-electron chi connectivity index (χ2n) is 5.18. The second-order valence-corrected chi connectivity index (χ2v) is 5.18. The average molecular weight is 241 g/mol. The number of benzene rings is 1. The lowest BCUT2D eigenvalue weighted by molar-refractivity contribution is 0.313. The van der Waals surface area contributed by atoms with Gasteiger partial charge < -0.3 is 9.80 Å². The summed E-state index contributed by atoms with van der Waals surface area (Å²) in [7, 11) is 2.18. The van der Waals surface area contributed by atoms with E-state index in [4.69, 9.17) is 0 Å². The Morgan fingerprint density at radius 3 is 2.61 bits per heavy atom. The number of anilines is 1. The molecule has 0 aliphatic carbocycles. The van der Waals surface area contributed by atoms with Gasteiger partial charge in [-0.1, -0.05) is 11.6 Å². The monoisotopic (exact) mass is 241 g/mol. The minimum Gasteiger partial charge on any atom is -0.368 e. The fourth-order valence-corrected chi connectivity index (χ4v) is 2.48. The number of aromatic nitrogens is 1. The molecule has 1 aromatic heterocycles. The number of hydrogen-bond acceptors (Lipinski definition) is 3. The van der Waals surface area contributed by atoms with Crippen molar-refractivity contribution in [3.63, 3.8) is 0 Å². The van der Waals surface area contributed by atoms with Crippen LogP contribution >= 0.6 is 0 Å². The van der Waals surface area contributed by atoms with Crippen molar-refractivity contribution in [3.8, 4) is 0 Å². The molecule has 94 valence electrons. The smallest absolute Gasteiger partial charge is 0.0703 e. The van der Waals surface area contributed by atoms with Crippen molar-refractivity contribution >= 4 is 16.6 Å². The van der Waals surface area contributed by atoms with E-state index in [9.17, 15) is 0 Å². The summed E-state index contributed by atoms with van der Waals surface area (Å²) in [4.78, 5) is 9.36. The molecule has 3 nitrogen and oxygen atoms in total. The van der Waals surface area contributed by atoms with Crippen LogP contribution in [0.1, 0.15) is 5.56 Å². The van der Waals surface area contributed by atoms with Gasteiger partial charge in [0.2, 0.25) is 0 Å². The Morgan fingerprint density at radius 2 is 1.83 bits per heavy atom. The maximum atomic E-state index is 4.56. The number of piperazine rings is 1. The van der Waals surface area contributed by atoms with E-state index in [1.54, 1.807) is 0 Å². The number of rotatable bonds is 1. The molecule has 1 aromatic carbocycles. The maximum absolute atomic E-state index is 4.56. The highest BCUT2D eigenvalue weighted by Crippen LogP contribution is 2.21. The molecule has 0 N–H and O–H groups in total. The Bertz CT molecular complexity index is 557. The minimum atomic E-state index is 1.08. The summed E-state index contributed by atoms with van der Waals surface area (Å²) in [5.74, 6) is 0. The summed E-state index contributed by atoms with van der Waals surface area (Å²) in [6.45, 7) is 6.57. The molecule has 0 bridgehead atoms. The average Bonchev–Trinajstić information content (AvgIpc) is 2.38. The van der Waals surface area contributed by atoms with Gasteiger partial charge in [0.25, 0.3) is 0 Å². The van der Waals surface area contributed by atoms with Gasteiger partial charge in [0.15, 0.2) is 0 Å². The number of fused-ring (bicyclic) bond motifs is 1. The molecule has 0 atom stereocenters. The summed E-state index contributed by atoms with van der Waals surface area (Å²) in [6.07, 6.45) is 2.00. The van der Waals surface area contributed by atoms with Crippen molar-refractivity contribution in [2.45, 2.75) is 6.92 Å². The largest absolute Gasteiger partial charge is 0.368 e. The quantitative estimate of drug-likeness (QED) is 0.763. The topological polar surface area (TPSA) is 19.4 Å². The predicted molar refractivity (Wildman–Crippen MR) is 76.2 cm³/mol. The van der Waals surface area contributed by atoms with Crippen LogP contribution in [0.15, 0.2) is 30.5 Å². The van der Waals surface area contributed by atoms with Crippen LogP contribution in [0.2, 0.25) is 0 Å². The predicted octanol–water partition coefficient (Wildman–Crippen LogP) is 2.30. The summed E-state index contributed by atoms with van der Waals surface area (Å²) >= 11 is 0. The highest BCUT2D eigenvalue weighted by Gasteiger charge is 2.14. The van der Waals surface area contributed by atoms with Gasteiger partial charge in [0.05, 0.1) is 17.4 Å². The van der Waals surface area contributed by atoms with E-state index in [-0.39, 0.29) is 0 Å². The van der Waals surface area contributed by atoms with E-state index in [1.165, 1.54) is 16.6 Å². The Labute approximate surface area is 108 Å². The number of likely N-dealkylation sites (N-methyl/N-ethyl adjacent to an activating group) is 1. The van der Waals surface area contributed by atoms with Crippen LogP contribution in [0.5, 0.6) is 0 Å². The molecule has 0 amide bonds. The molecule has 3 heteroatoms. The molecule has 0 saturated carbocycles. The first-order valence-corrected chi connectivity index (χ1v) is 6.52. The summed E-state index contributed by atoms with van der Waals surface area (Å²) < 4.78 is 0. The van der Waals surface area contributed by atoms with Crippen LogP contribution in [0.25, 0.3) is 10.9 Å². The molecule has 2 aromatic rings. The van der Waals surface area contributed by atoms with E-state index >= 15 is 0 Å². The zero-order valence-corrected chi connectivity index (χ0v) is 11.1. The molecule has 1 saturated heterocycles. The molecule has 0 radical (unpaired) electrons. The van der Waals surface area contributed by atoms with Crippen LogP contribution in [0, 0.1) is 6.92 Å². The molecular weight excluding hydrogens is 222 g/mol. The van der Waals surface area contributed by atoms with Crippen molar-refractivity contribution in [3.05, 3.63) is 36.0 Å². The van der Waals surface area contributed by atoms with Gasteiger partial charge in [-0.05, 0) is 32.2 Å². The Morgan fingerprint density at radius 1 is 1.06 bits per heavy atom. The highest BCUT2D eigenvalue weighted by molar-refractivity contribution is 5.82. The summed E-state index contributed by atoms with van der Waals surface area (Å²) in [6, 6.07) is 8.69. The van der Waals surface area contributed by atoms with Crippen LogP contribution in [0.4, 0.5) is 5.69 Å². The van der Waals surface area contributed by atoms with E-state index in [0.717, 1.165) is 31.7 Å². The summed E-state index contributed by atoms with van der Waals surface area (Å²) in [5.41, 5.74) is 3.62. The van der Waals surface area contributed by atoms with Gasteiger partial charge in [0, 0.05) is 31.6 Å². The molecule has 1 aliphatic heterocycles. The lowest BCUT2D eigenvalue weighted by atomic mass is 10.1. The van der Waals surface area contributed by atoms with Gasteiger partial charge >= 0.3 is 0 Å². The lowest BCUT2D eigenvalue weighted by Crippen LogP contribution is -2.44. The normalized spacial score (nSPS) is 17.3. The van der Waals surface area contributed by atoms with Crippen LogP contribution in [0.3, 0.4) is 0 Å². The van der Waals surface area contributed by atoms with Crippen molar-refractivity contribution in [1.82, 2.24) is 9.88 Å². The van der Waals surface area contributed by atoms with Gasteiger partial charge in [-0.3, -0.25) is 4.98 Å². The number of pyridine rings is 1. The van der Waals surface area contributed by atoms with E-state index in [1.807, 2.05) is 6.20 Å². The zero-order chi connectivity index (χ0) is 12.5. The van der Waals surface area contributed by atoms with Crippen molar-refractivity contribution < 1.29 is 0 Å². The van der Waals surface area contributed by atoms with E-state index < -0.39 is 0 Å². The van der Waals surface area contributed by atoms with Gasteiger partial charge in [-0.25, -0.2) is 0 Å². The molecule has 0 spiro atoms.